The minimum atomic E-state index is -0.504. The zero-order chi connectivity index (χ0) is 32.8. The second kappa shape index (κ2) is 14.2. The molecule has 1 atom stereocenters. The summed E-state index contributed by atoms with van der Waals surface area (Å²) < 4.78 is 7.29. The van der Waals surface area contributed by atoms with Gasteiger partial charge in [0.2, 0.25) is 5.91 Å². The molecule has 2 amide bonds. The Morgan fingerprint density at radius 2 is 1.43 bits per heavy atom. The molecule has 6 rings (SSSR count). The lowest BCUT2D eigenvalue weighted by atomic mass is 10.1. The predicted octanol–water partition coefficient (Wildman–Crippen LogP) is 8.42. The van der Waals surface area contributed by atoms with Gasteiger partial charge in [0.15, 0.2) is 0 Å². The van der Waals surface area contributed by atoms with E-state index < -0.39 is 11.8 Å². The average molecular weight is 640 g/mol. The number of methoxy groups -OCH3 is 1. The molecule has 1 unspecified atom stereocenters. The molecular weight excluding hydrogens is 607 g/mol. The molecule has 0 spiro atoms. The molecule has 0 radical (unpaired) electrons. The summed E-state index contributed by atoms with van der Waals surface area (Å²) in [5.74, 6) is -0.366. The molecule has 0 aliphatic heterocycles. The van der Waals surface area contributed by atoms with Crippen LogP contribution >= 0.6 is 11.8 Å². The van der Waals surface area contributed by atoms with Gasteiger partial charge in [-0.2, -0.15) is 0 Å². The van der Waals surface area contributed by atoms with Crippen LogP contribution in [0.25, 0.3) is 27.9 Å². The fourth-order valence-electron chi connectivity index (χ4n) is 5.51. The number of fused-ring (bicyclic) bond motifs is 3. The van der Waals surface area contributed by atoms with Crippen molar-refractivity contribution in [2.75, 3.05) is 12.4 Å². The Morgan fingerprint density at radius 3 is 2.11 bits per heavy atom. The number of carbonyl (C=O) groups is 3. The molecule has 8 heteroatoms. The third-order valence-corrected chi connectivity index (χ3v) is 9.13. The van der Waals surface area contributed by atoms with Gasteiger partial charge in [0, 0.05) is 32.5 Å². The number of thioether (sulfide) groups is 1. The Kier molecular flexibility index (Phi) is 9.50. The maximum Gasteiger partial charge on any atom is 0.272 e. The number of benzene rings is 5. The van der Waals surface area contributed by atoms with Crippen LogP contribution in [0.4, 0.5) is 5.69 Å². The van der Waals surface area contributed by atoms with E-state index in [2.05, 4.69) is 10.6 Å². The summed E-state index contributed by atoms with van der Waals surface area (Å²) in [5, 5.41) is 7.41. The molecule has 1 heterocycles. The SMILES string of the molecule is CCC(Sc1cccc(NC(=O)/C(=C\c2ccccc2OC)NC(=O)c2ccccc2)c1)C(=O)n1c2ccccc2c2ccccc21. The summed E-state index contributed by atoms with van der Waals surface area (Å²) in [7, 11) is 1.55. The molecular formula is C39H33N3O4S. The van der Waals surface area contributed by atoms with E-state index in [4.69, 9.17) is 4.74 Å². The third kappa shape index (κ3) is 6.83. The number of anilines is 1. The van der Waals surface area contributed by atoms with Crippen molar-refractivity contribution in [3.63, 3.8) is 0 Å². The summed E-state index contributed by atoms with van der Waals surface area (Å²) in [4.78, 5) is 41.7. The van der Waals surface area contributed by atoms with Gasteiger partial charge in [-0.1, -0.05) is 85.8 Å². The van der Waals surface area contributed by atoms with Crippen molar-refractivity contribution in [2.45, 2.75) is 23.5 Å². The Morgan fingerprint density at radius 1 is 0.787 bits per heavy atom. The summed E-state index contributed by atoms with van der Waals surface area (Å²) in [6.07, 6.45) is 2.20. The van der Waals surface area contributed by atoms with Crippen LogP contribution in [0, 0.1) is 0 Å². The number of hydrogen-bond donors (Lipinski definition) is 2. The van der Waals surface area contributed by atoms with E-state index in [0.717, 1.165) is 26.7 Å². The van der Waals surface area contributed by atoms with Crippen molar-refractivity contribution in [1.29, 1.82) is 0 Å². The number of amides is 2. The number of nitrogens with one attached hydrogen (secondary N) is 2. The average Bonchev–Trinajstić information content (AvgIpc) is 3.45. The van der Waals surface area contributed by atoms with E-state index in [9.17, 15) is 14.4 Å². The van der Waals surface area contributed by atoms with E-state index in [1.54, 1.807) is 55.7 Å². The standard InChI is InChI=1S/C39H33N3O4S/c1-3-36(39(45)42-33-21-10-8-19-30(33)31-20-9-11-22-34(31)42)47-29-18-13-17-28(25-29)40-38(44)32(24-27-16-7-12-23-35(27)46-2)41-37(43)26-14-5-4-6-15-26/h4-25,36H,3H2,1-2H3,(H,40,44)(H,41,43)/b32-24+. The fourth-order valence-corrected chi connectivity index (χ4v) is 6.56. The van der Waals surface area contributed by atoms with Crippen LogP contribution in [0.15, 0.2) is 138 Å². The van der Waals surface area contributed by atoms with Crippen LogP contribution in [0.5, 0.6) is 5.75 Å². The number of rotatable bonds is 10. The molecule has 0 aliphatic carbocycles. The van der Waals surface area contributed by atoms with E-state index in [0.29, 0.717) is 29.0 Å². The molecule has 6 aromatic rings. The first kappa shape index (κ1) is 31.4. The molecule has 0 saturated heterocycles. The number of aromatic nitrogens is 1. The first-order valence-corrected chi connectivity index (χ1v) is 16.2. The van der Waals surface area contributed by atoms with Crippen molar-refractivity contribution < 1.29 is 19.1 Å². The van der Waals surface area contributed by atoms with Crippen LogP contribution in [0.1, 0.15) is 34.1 Å². The third-order valence-electron chi connectivity index (χ3n) is 7.78. The molecule has 1 aromatic heterocycles. The number of carbonyl (C=O) groups excluding carboxylic acids is 3. The number of nitrogens with zero attached hydrogens (tertiary/aromatic N) is 1. The minimum Gasteiger partial charge on any atom is -0.496 e. The molecule has 47 heavy (non-hydrogen) atoms. The monoisotopic (exact) mass is 639 g/mol. The van der Waals surface area contributed by atoms with E-state index in [1.165, 1.54) is 11.8 Å². The van der Waals surface area contributed by atoms with Crippen LogP contribution < -0.4 is 15.4 Å². The number of ether oxygens (including phenoxy) is 1. The zero-order valence-corrected chi connectivity index (χ0v) is 26.8. The van der Waals surface area contributed by atoms with Gasteiger partial charge in [-0.25, -0.2) is 0 Å². The van der Waals surface area contributed by atoms with E-state index in [1.807, 2.05) is 96.4 Å². The first-order valence-electron chi connectivity index (χ1n) is 15.3. The Labute approximate surface area is 277 Å². The van der Waals surface area contributed by atoms with Crippen LogP contribution in [0.2, 0.25) is 0 Å². The Hall–Kier alpha value is -5.60. The van der Waals surface area contributed by atoms with Crippen LogP contribution in [-0.4, -0.2) is 34.6 Å². The van der Waals surface area contributed by atoms with Gasteiger partial charge >= 0.3 is 0 Å². The topological polar surface area (TPSA) is 89.4 Å². The lowest BCUT2D eigenvalue weighted by Crippen LogP contribution is -2.30. The van der Waals surface area contributed by atoms with E-state index >= 15 is 0 Å². The van der Waals surface area contributed by atoms with Crippen molar-refractivity contribution in [3.8, 4) is 5.75 Å². The van der Waals surface area contributed by atoms with Gasteiger partial charge in [0.1, 0.15) is 11.4 Å². The van der Waals surface area contributed by atoms with Gasteiger partial charge in [0.05, 0.1) is 23.4 Å². The molecule has 0 aliphatic rings. The first-order chi connectivity index (χ1) is 23.0. The Balaban J connectivity index is 1.25. The highest BCUT2D eigenvalue weighted by Crippen LogP contribution is 2.33. The second-order valence-electron chi connectivity index (χ2n) is 10.8. The normalized spacial score (nSPS) is 12.1. The van der Waals surface area contributed by atoms with Gasteiger partial charge in [-0.15, -0.1) is 11.8 Å². The molecule has 5 aromatic carbocycles. The van der Waals surface area contributed by atoms with Crippen molar-refractivity contribution in [3.05, 3.63) is 144 Å². The molecule has 0 fully saturated rings. The lowest BCUT2D eigenvalue weighted by molar-refractivity contribution is -0.113. The second-order valence-corrected chi connectivity index (χ2v) is 12.1. The maximum absolute atomic E-state index is 14.1. The highest BCUT2D eigenvalue weighted by molar-refractivity contribution is 8.00. The molecule has 7 nitrogen and oxygen atoms in total. The van der Waals surface area contributed by atoms with Gasteiger partial charge < -0.3 is 15.4 Å². The summed E-state index contributed by atoms with van der Waals surface area (Å²) >= 11 is 1.45. The van der Waals surface area contributed by atoms with Crippen molar-refractivity contribution >= 4 is 63.1 Å². The molecule has 0 saturated carbocycles. The van der Waals surface area contributed by atoms with Crippen molar-refractivity contribution in [2.24, 2.45) is 0 Å². The van der Waals surface area contributed by atoms with Gasteiger partial charge in [0.25, 0.3) is 11.8 Å². The Bertz CT molecular complexity index is 2070. The highest BCUT2D eigenvalue weighted by Gasteiger charge is 2.24. The largest absolute Gasteiger partial charge is 0.496 e. The zero-order valence-electron chi connectivity index (χ0n) is 26.0. The molecule has 0 bridgehead atoms. The predicted molar refractivity (Wildman–Crippen MR) is 190 cm³/mol. The molecule has 234 valence electrons. The van der Waals surface area contributed by atoms with Crippen molar-refractivity contribution in [1.82, 2.24) is 9.88 Å². The smallest absolute Gasteiger partial charge is 0.272 e. The van der Waals surface area contributed by atoms with Gasteiger partial charge in [-0.3, -0.25) is 19.0 Å². The summed E-state index contributed by atoms with van der Waals surface area (Å²) in [6.45, 7) is 2.00. The fraction of sp³-hybridized carbons (Fsp3) is 0.103. The highest BCUT2D eigenvalue weighted by atomic mass is 32.2. The summed E-state index contributed by atoms with van der Waals surface area (Å²) in [5.41, 5.74) is 3.39. The number of hydrogen-bond acceptors (Lipinski definition) is 5. The van der Waals surface area contributed by atoms with Crippen LogP contribution in [-0.2, 0) is 4.79 Å². The lowest BCUT2D eigenvalue weighted by Gasteiger charge is -2.17. The number of para-hydroxylation sites is 3. The van der Waals surface area contributed by atoms with E-state index in [-0.39, 0.29) is 16.9 Å². The quantitative estimate of drug-likeness (QED) is 0.116. The maximum atomic E-state index is 14.1. The summed E-state index contributed by atoms with van der Waals surface area (Å²) in [6, 6.07) is 39.2. The van der Waals surface area contributed by atoms with Crippen LogP contribution in [0.3, 0.4) is 0 Å². The molecule has 2 N–H and O–H groups in total. The van der Waals surface area contributed by atoms with Gasteiger partial charge in [-0.05, 0) is 61.0 Å². The minimum absolute atomic E-state index is 0.00464.